The zero-order chi connectivity index (χ0) is 18.0. The van der Waals surface area contributed by atoms with Gasteiger partial charge >= 0.3 is 5.97 Å². The van der Waals surface area contributed by atoms with E-state index in [9.17, 15) is 9.90 Å². The molecule has 0 saturated heterocycles. The molecule has 0 bridgehead atoms. The molecule has 0 amide bonds. The summed E-state index contributed by atoms with van der Waals surface area (Å²) in [6.45, 7) is 4.65. The van der Waals surface area contributed by atoms with Gasteiger partial charge in [0.1, 0.15) is 5.82 Å². The van der Waals surface area contributed by atoms with Crippen LogP contribution in [0.3, 0.4) is 0 Å². The maximum Gasteiger partial charge on any atom is 0.356 e. The Morgan fingerprint density at radius 2 is 2.00 bits per heavy atom. The van der Waals surface area contributed by atoms with Crippen LogP contribution in [0.4, 0.5) is 0 Å². The van der Waals surface area contributed by atoms with Crippen molar-refractivity contribution >= 4 is 17.6 Å². The Bertz CT molecular complexity index is 776. The van der Waals surface area contributed by atoms with Crippen molar-refractivity contribution in [2.24, 2.45) is 5.92 Å². The van der Waals surface area contributed by atoms with Crippen LogP contribution in [0, 0.1) is 19.8 Å². The molecule has 1 aliphatic carbocycles. The molecular formula is C20H25ClN2O2. The second kappa shape index (κ2) is 7.61. The first-order valence-electron chi connectivity index (χ1n) is 9.04. The van der Waals surface area contributed by atoms with Crippen LogP contribution in [0.2, 0.25) is 5.02 Å². The second-order valence-electron chi connectivity index (χ2n) is 7.08. The van der Waals surface area contributed by atoms with Crippen molar-refractivity contribution in [3.05, 3.63) is 40.2 Å². The number of halogens is 1. The molecule has 134 valence electrons. The number of hydrogen-bond donors (Lipinski definition) is 1. The van der Waals surface area contributed by atoms with E-state index in [2.05, 4.69) is 9.55 Å². The van der Waals surface area contributed by atoms with Crippen LogP contribution in [0.15, 0.2) is 18.2 Å². The van der Waals surface area contributed by atoms with E-state index >= 15 is 0 Å². The van der Waals surface area contributed by atoms with E-state index in [1.54, 1.807) is 0 Å². The molecule has 0 atom stereocenters. The standard InChI is InChI=1S/C20H25ClN2O2/c1-13-8-9-16(21)12-17(13)19-22-18(20(24)25)14(2)23(19)11-10-15-6-4-3-5-7-15/h8-9,12,15H,3-7,10-11H2,1-2H3,(H,24,25). The lowest BCUT2D eigenvalue weighted by Gasteiger charge is -2.22. The molecule has 4 nitrogen and oxygen atoms in total. The Labute approximate surface area is 153 Å². The van der Waals surface area contributed by atoms with Crippen LogP contribution in [0.1, 0.15) is 60.3 Å². The van der Waals surface area contributed by atoms with E-state index in [-0.39, 0.29) is 5.69 Å². The van der Waals surface area contributed by atoms with Crippen molar-refractivity contribution < 1.29 is 9.90 Å². The summed E-state index contributed by atoms with van der Waals surface area (Å²) in [5, 5.41) is 10.1. The third kappa shape index (κ3) is 3.90. The van der Waals surface area contributed by atoms with Crippen molar-refractivity contribution in [3.63, 3.8) is 0 Å². The minimum atomic E-state index is -0.977. The second-order valence-corrected chi connectivity index (χ2v) is 7.51. The number of carboxylic acid groups (broad SMARTS) is 1. The molecule has 5 heteroatoms. The number of carboxylic acids is 1. The fraction of sp³-hybridized carbons (Fsp3) is 0.500. The number of carbonyl (C=O) groups is 1. The SMILES string of the molecule is Cc1ccc(Cl)cc1-c1nc(C(=O)O)c(C)n1CCC1CCCCC1. The smallest absolute Gasteiger partial charge is 0.356 e. The summed E-state index contributed by atoms with van der Waals surface area (Å²) in [4.78, 5) is 16.0. The number of hydrogen-bond acceptors (Lipinski definition) is 2. The molecule has 3 rings (SSSR count). The Hall–Kier alpha value is -1.81. The van der Waals surface area contributed by atoms with E-state index < -0.39 is 5.97 Å². The summed E-state index contributed by atoms with van der Waals surface area (Å²) < 4.78 is 2.07. The summed E-state index contributed by atoms with van der Waals surface area (Å²) in [7, 11) is 0. The van der Waals surface area contributed by atoms with Gasteiger partial charge in [0.15, 0.2) is 5.69 Å². The number of rotatable bonds is 5. The van der Waals surface area contributed by atoms with E-state index in [0.717, 1.165) is 35.7 Å². The van der Waals surface area contributed by atoms with Gasteiger partial charge in [-0.15, -0.1) is 0 Å². The average molecular weight is 361 g/mol. The minimum absolute atomic E-state index is 0.137. The third-order valence-electron chi connectivity index (χ3n) is 5.35. The van der Waals surface area contributed by atoms with Crippen LogP contribution < -0.4 is 0 Å². The molecule has 1 aromatic heterocycles. The third-order valence-corrected chi connectivity index (χ3v) is 5.58. The van der Waals surface area contributed by atoms with Crippen LogP contribution in [0.25, 0.3) is 11.4 Å². The van der Waals surface area contributed by atoms with Gasteiger partial charge in [0.05, 0.1) is 0 Å². The van der Waals surface area contributed by atoms with E-state index in [4.69, 9.17) is 11.6 Å². The molecule has 0 unspecified atom stereocenters. The predicted molar refractivity (Wildman–Crippen MR) is 100 cm³/mol. The highest BCUT2D eigenvalue weighted by Gasteiger charge is 2.22. The van der Waals surface area contributed by atoms with Crippen molar-refractivity contribution in [2.75, 3.05) is 0 Å². The Kier molecular flexibility index (Phi) is 5.48. The monoisotopic (exact) mass is 360 g/mol. The van der Waals surface area contributed by atoms with Crippen LogP contribution in [-0.4, -0.2) is 20.6 Å². The lowest BCUT2D eigenvalue weighted by atomic mass is 9.87. The number of aromatic carboxylic acids is 1. The molecule has 0 aliphatic heterocycles. The van der Waals surface area contributed by atoms with Gasteiger partial charge in [0, 0.05) is 22.8 Å². The van der Waals surface area contributed by atoms with Gasteiger partial charge in [-0.3, -0.25) is 0 Å². The lowest BCUT2D eigenvalue weighted by Crippen LogP contribution is -2.12. The molecule has 1 N–H and O–H groups in total. The molecule has 2 aromatic rings. The molecular weight excluding hydrogens is 336 g/mol. The highest BCUT2D eigenvalue weighted by molar-refractivity contribution is 6.30. The van der Waals surface area contributed by atoms with Gasteiger partial charge in [-0.2, -0.15) is 0 Å². The summed E-state index contributed by atoms with van der Waals surface area (Å²) in [6.07, 6.45) is 7.61. The molecule has 0 spiro atoms. The average Bonchev–Trinajstić information content (AvgIpc) is 2.93. The normalized spacial score (nSPS) is 15.5. The molecule has 1 saturated carbocycles. The van der Waals surface area contributed by atoms with E-state index in [0.29, 0.717) is 10.8 Å². The molecule has 1 aliphatic rings. The maximum absolute atomic E-state index is 11.6. The molecule has 1 aromatic carbocycles. The van der Waals surface area contributed by atoms with E-state index in [1.165, 1.54) is 32.1 Å². The summed E-state index contributed by atoms with van der Waals surface area (Å²) in [5.41, 5.74) is 2.81. The van der Waals surface area contributed by atoms with Crippen molar-refractivity contribution in [2.45, 2.75) is 58.9 Å². The number of aryl methyl sites for hydroxylation is 1. The van der Waals surface area contributed by atoms with Gasteiger partial charge in [-0.1, -0.05) is 49.8 Å². The van der Waals surface area contributed by atoms with Crippen molar-refractivity contribution in [3.8, 4) is 11.4 Å². The summed E-state index contributed by atoms with van der Waals surface area (Å²) >= 11 is 6.17. The first kappa shape index (κ1) is 18.0. The number of aromatic nitrogens is 2. The van der Waals surface area contributed by atoms with Gasteiger partial charge in [0.2, 0.25) is 0 Å². The highest BCUT2D eigenvalue weighted by Crippen LogP contribution is 2.31. The van der Waals surface area contributed by atoms with Crippen LogP contribution in [0.5, 0.6) is 0 Å². The lowest BCUT2D eigenvalue weighted by molar-refractivity contribution is 0.0690. The molecule has 25 heavy (non-hydrogen) atoms. The predicted octanol–water partition coefficient (Wildman–Crippen LogP) is 5.49. The fourth-order valence-corrected chi connectivity index (χ4v) is 4.01. The van der Waals surface area contributed by atoms with Gasteiger partial charge < -0.3 is 9.67 Å². The molecule has 1 fully saturated rings. The molecule has 1 heterocycles. The Morgan fingerprint density at radius 1 is 1.28 bits per heavy atom. The Morgan fingerprint density at radius 3 is 2.68 bits per heavy atom. The van der Waals surface area contributed by atoms with Gasteiger partial charge in [-0.05, 0) is 43.9 Å². The first-order valence-corrected chi connectivity index (χ1v) is 9.42. The van der Waals surface area contributed by atoms with E-state index in [1.807, 2.05) is 32.0 Å². The fourth-order valence-electron chi connectivity index (χ4n) is 3.84. The van der Waals surface area contributed by atoms with Crippen LogP contribution >= 0.6 is 11.6 Å². The Balaban J connectivity index is 1.97. The quantitative estimate of drug-likeness (QED) is 0.767. The van der Waals surface area contributed by atoms with Crippen molar-refractivity contribution in [1.29, 1.82) is 0 Å². The van der Waals surface area contributed by atoms with Crippen molar-refractivity contribution in [1.82, 2.24) is 9.55 Å². The zero-order valence-electron chi connectivity index (χ0n) is 14.9. The van der Waals surface area contributed by atoms with Gasteiger partial charge in [0.25, 0.3) is 0 Å². The van der Waals surface area contributed by atoms with Gasteiger partial charge in [-0.25, -0.2) is 9.78 Å². The topological polar surface area (TPSA) is 55.1 Å². The molecule has 0 radical (unpaired) electrons. The summed E-state index contributed by atoms with van der Waals surface area (Å²) in [6, 6.07) is 5.68. The summed E-state index contributed by atoms with van der Waals surface area (Å²) in [5.74, 6) is 0.470. The van der Waals surface area contributed by atoms with Crippen LogP contribution in [-0.2, 0) is 6.54 Å². The minimum Gasteiger partial charge on any atom is -0.476 e. The number of benzene rings is 1. The maximum atomic E-state index is 11.6. The first-order chi connectivity index (χ1) is 12.0. The highest BCUT2D eigenvalue weighted by atomic mass is 35.5. The number of nitrogens with zero attached hydrogens (tertiary/aromatic N) is 2. The largest absolute Gasteiger partial charge is 0.476 e. The number of imidazole rings is 1. The zero-order valence-corrected chi connectivity index (χ0v) is 15.6.